The van der Waals surface area contributed by atoms with E-state index >= 15 is 0 Å². The molecule has 0 spiro atoms. The van der Waals surface area contributed by atoms with Crippen molar-refractivity contribution in [2.75, 3.05) is 13.1 Å². The third-order valence-electron chi connectivity index (χ3n) is 4.47. The lowest BCUT2D eigenvalue weighted by molar-refractivity contribution is -0.132. The van der Waals surface area contributed by atoms with Gasteiger partial charge in [-0.2, -0.15) is 0 Å². The molecule has 20 heavy (non-hydrogen) atoms. The van der Waals surface area contributed by atoms with Crippen LogP contribution in [-0.2, 0) is 11.2 Å². The number of carbonyl (C=O) groups is 1. The van der Waals surface area contributed by atoms with Crippen LogP contribution >= 0.6 is 0 Å². The zero-order valence-electron chi connectivity index (χ0n) is 12.1. The zero-order chi connectivity index (χ0) is 13.9. The number of fused-ring (bicyclic) bond motifs is 1. The minimum Gasteiger partial charge on any atom is -0.361 e. The number of benzene rings is 1. The summed E-state index contributed by atoms with van der Waals surface area (Å²) in [5, 5.41) is 1.17. The van der Waals surface area contributed by atoms with E-state index in [1.807, 2.05) is 18.3 Å². The number of aromatic amines is 1. The van der Waals surface area contributed by atoms with Gasteiger partial charge < -0.3 is 9.88 Å². The average molecular weight is 270 g/mol. The van der Waals surface area contributed by atoms with Crippen molar-refractivity contribution < 1.29 is 4.79 Å². The van der Waals surface area contributed by atoms with Gasteiger partial charge in [0.05, 0.1) is 6.42 Å². The molecule has 1 amide bonds. The Hall–Kier alpha value is -1.77. The van der Waals surface area contributed by atoms with Crippen LogP contribution < -0.4 is 0 Å². The van der Waals surface area contributed by atoms with Gasteiger partial charge in [0.1, 0.15) is 0 Å². The van der Waals surface area contributed by atoms with Crippen molar-refractivity contribution in [1.29, 1.82) is 0 Å². The number of para-hydroxylation sites is 1. The molecule has 0 aliphatic carbocycles. The second kappa shape index (κ2) is 5.70. The first-order valence-electron chi connectivity index (χ1n) is 7.60. The van der Waals surface area contributed by atoms with Crippen LogP contribution in [-0.4, -0.2) is 28.9 Å². The lowest BCUT2D eigenvalue weighted by atomic mass is 9.95. The van der Waals surface area contributed by atoms with Crippen molar-refractivity contribution >= 4 is 16.8 Å². The summed E-state index contributed by atoms with van der Waals surface area (Å²) in [6.45, 7) is 4.09. The van der Waals surface area contributed by atoms with Gasteiger partial charge in [-0.1, -0.05) is 31.5 Å². The maximum absolute atomic E-state index is 12.5. The molecule has 1 aromatic carbocycles. The number of hydrogen-bond acceptors (Lipinski definition) is 1. The van der Waals surface area contributed by atoms with Gasteiger partial charge in [-0.05, 0) is 30.4 Å². The van der Waals surface area contributed by atoms with Crippen LogP contribution in [0.15, 0.2) is 30.5 Å². The number of nitrogens with one attached hydrogen (secondary N) is 1. The highest BCUT2D eigenvalue weighted by molar-refractivity contribution is 5.88. The van der Waals surface area contributed by atoms with Crippen LogP contribution in [0.2, 0.25) is 0 Å². The Kier molecular flexibility index (Phi) is 3.77. The molecular weight excluding hydrogens is 248 g/mol. The molecule has 3 heteroatoms. The molecule has 106 valence electrons. The Morgan fingerprint density at radius 1 is 1.40 bits per heavy atom. The molecule has 0 bridgehead atoms. The summed E-state index contributed by atoms with van der Waals surface area (Å²) < 4.78 is 0. The summed E-state index contributed by atoms with van der Waals surface area (Å²) in [5.41, 5.74) is 2.23. The molecule has 1 fully saturated rings. The van der Waals surface area contributed by atoms with Crippen LogP contribution in [0.4, 0.5) is 0 Å². The van der Waals surface area contributed by atoms with Crippen molar-refractivity contribution in [3.8, 4) is 0 Å². The van der Waals surface area contributed by atoms with Crippen molar-refractivity contribution in [2.24, 2.45) is 5.92 Å². The number of nitrogens with zero attached hydrogens (tertiary/aromatic N) is 1. The van der Waals surface area contributed by atoms with Crippen LogP contribution in [0, 0.1) is 5.92 Å². The van der Waals surface area contributed by atoms with Gasteiger partial charge in [-0.15, -0.1) is 0 Å². The summed E-state index contributed by atoms with van der Waals surface area (Å²) in [7, 11) is 0. The third kappa shape index (κ3) is 2.58. The number of hydrogen-bond donors (Lipinski definition) is 1. The number of rotatable bonds is 3. The van der Waals surface area contributed by atoms with Crippen LogP contribution in [0.3, 0.4) is 0 Å². The van der Waals surface area contributed by atoms with Crippen LogP contribution in [0.5, 0.6) is 0 Å². The van der Waals surface area contributed by atoms with Crippen LogP contribution in [0.25, 0.3) is 10.9 Å². The van der Waals surface area contributed by atoms with Crippen LogP contribution in [0.1, 0.15) is 31.7 Å². The number of amides is 1. The average Bonchev–Trinajstić information content (AvgIpc) is 2.90. The Labute approximate surface area is 120 Å². The van der Waals surface area contributed by atoms with E-state index in [9.17, 15) is 4.79 Å². The molecule has 1 saturated heterocycles. The Morgan fingerprint density at radius 3 is 3.10 bits per heavy atom. The lowest BCUT2D eigenvalue weighted by Gasteiger charge is -2.32. The molecule has 1 atom stereocenters. The first-order valence-corrected chi connectivity index (χ1v) is 7.60. The van der Waals surface area contributed by atoms with E-state index in [2.05, 4.69) is 28.9 Å². The summed E-state index contributed by atoms with van der Waals surface area (Å²) in [6.07, 6.45) is 6.09. The van der Waals surface area contributed by atoms with Gasteiger partial charge in [0, 0.05) is 30.2 Å². The van der Waals surface area contributed by atoms with E-state index in [4.69, 9.17) is 0 Å². The molecule has 1 unspecified atom stereocenters. The molecule has 1 N–H and O–H groups in total. The largest absolute Gasteiger partial charge is 0.361 e. The molecule has 3 nitrogen and oxygen atoms in total. The fourth-order valence-corrected chi connectivity index (χ4v) is 3.18. The second-order valence-corrected chi connectivity index (χ2v) is 5.79. The molecule has 1 aliphatic rings. The molecule has 2 aromatic rings. The topological polar surface area (TPSA) is 36.1 Å². The van der Waals surface area contributed by atoms with E-state index in [-0.39, 0.29) is 5.91 Å². The first-order chi connectivity index (χ1) is 9.78. The Balaban J connectivity index is 1.72. The van der Waals surface area contributed by atoms with Gasteiger partial charge in [0.25, 0.3) is 0 Å². The van der Waals surface area contributed by atoms with E-state index in [1.54, 1.807) is 0 Å². The highest BCUT2D eigenvalue weighted by Gasteiger charge is 2.23. The summed E-state index contributed by atoms with van der Waals surface area (Å²) in [6, 6.07) is 8.18. The van der Waals surface area contributed by atoms with E-state index in [0.717, 1.165) is 30.6 Å². The molecule has 2 heterocycles. The maximum Gasteiger partial charge on any atom is 0.227 e. The van der Waals surface area contributed by atoms with E-state index < -0.39 is 0 Å². The molecule has 1 aliphatic heterocycles. The van der Waals surface area contributed by atoms with Gasteiger partial charge >= 0.3 is 0 Å². The SMILES string of the molecule is CCC1CCCN(C(=O)Cc2c[nH]c3ccccc23)C1. The monoisotopic (exact) mass is 270 g/mol. The number of H-pyrrole nitrogens is 1. The summed E-state index contributed by atoms with van der Waals surface area (Å²) in [4.78, 5) is 17.8. The van der Waals surface area contributed by atoms with Gasteiger partial charge in [0.2, 0.25) is 5.91 Å². The predicted octanol–water partition coefficient (Wildman–Crippen LogP) is 3.36. The summed E-state index contributed by atoms with van der Waals surface area (Å²) in [5.74, 6) is 0.962. The minimum absolute atomic E-state index is 0.271. The standard InChI is InChI=1S/C17H22N2O/c1-2-13-6-5-9-19(12-13)17(20)10-14-11-18-16-8-4-3-7-15(14)16/h3-4,7-8,11,13,18H,2,5-6,9-10,12H2,1H3. The Bertz CT molecular complexity index is 602. The predicted molar refractivity (Wildman–Crippen MR) is 81.6 cm³/mol. The zero-order valence-corrected chi connectivity index (χ0v) is 12.1. The minimum atomic E-state index is 0.271. The van der Waals surface area contributed by atoms with Gasteiger partial charge in [0.15, 0.2) is 0 Å². The molecule has 0 saturated carbocycles. The van der Waals surface area contributed by atoms with Crippen molar-refractivity contribution in [2.45, 2.75) is 32.6 Å². The fourth-order valence-electron chi connectivity index (χ4n) is 3.18. The highest BCUT2D eigenvalue weighted by Crippen LogP contribution is 2.22. The smallest absolute Gasteiger partial charge is 0.227 e. The van der Waals surface area contributed by atoms with Crippen molar-refractivity contribution in [1.82, 2.24) is 9.88 Å². The van der Waals surface area contributed by atoms with Gasteiger partial charge in [-0.3, -0.25) is 4.79 Å². The summed E-state index contributed by atoms with van der Waals surface area (Å²) >= 11 is 0. The van der Waals surface area contributed by atoms with E-state index in [1.165, 1.54) is 18.2 Å². The maximum atomic E-state index is 12.5. The number of piperidine rings is 1. The fraction of sp³-hybridized carbons (Fsp3) is 0.471. The van der Waals surface area contributed by atoms with Crippen molar-refractivity contribution in [3.05, 3.63) is 36.0 Å². The van der Waals surface area contributed by atoms with Crippen molar-refractivity contribution in [3.63, 3.8) is 0 Å². The second-order valence-electron chi connectivity index (χ2n) is 5.79. The van der Waals surface area contributed by atoms with E-state index in [0.29, 0.717) is 12.3 Å². The quantitative estimate of drug-likeness (QED) is 0.912. The Morgan fingerprint density at radius 2 is 2.25 bits per heavy atom. The molecule has 1 aromatic heterocycles. The molecule has 0 radical (unpaired) electrons. The normalized spacial score (nSPS) is 19.4. The molecular formula is C17H22N2O. The lowest BCUT2D eigenvalue weighted by Crippen LogP contribution is -2.40. The number of likely N-dealkylation sites (tertiary alicyclic amines) is 1. The van der Waals surface area contributed by atoms with Gasteiger partial charge in [-0.25, -0.2) is 0 Å². The third-order valence-corrected chi connectivity index (χ3v) is 4.47. The highest BCUT2D eigenvalue weighted by atomic mass is 16.2. The first kappa shape index (κ1) is 13.2. The molecule has 3 rings (SSSR count). The number of aromatic nitrogens is 1. The number of carbonyl (C=O) groups excluding carboxylic acids is 1.